The van der Waals surface area contributed by atoms with Crippen LogP contribution in [0.5, 0.6) is 0 Å². The zero-order valence-electron chi connectivity index (χ0n) is 20.1. The Kier molecular flexibility index (Phi) is 7.20. The third-order valence-electron chi connectivity index (χ3n) is 7.05. The fraction of sp³-hybridized carbons (Fsp3) is 0.360. The molecule has 3 aromatic rings. The van der Waals surface area contributed by atoms with Crippen LogP contribution < -0.4 is 0 Å². The van der Waals surface area contributed by atoms with Crippen LogP contribution in [-0.4, -0.2) is 84.2 Å². The van der Waals surface area contributed by atoms with Gasteiger partial charge >= 0.3 is 5.97 Å². The van der Waals surface area contributed by atoms with Crippen molar-refractivity contribution in [2.75, 3.05) is 37.7 Å². The Morgan fingerprint density at radius 2 is 1.86 bits per heavy atom. The average molecular weight is 568 g/mol. The molecule has 198 valence electrons. The van der Waals surface area contributed by atoms with Crippen LogP contribution in [0, 0.1) is 12.7 Å². The summed E-state index contributed by atoms with van der Waals surface area (Å²) in [6.07, 6.45) is 0. The van der Waals surface area contributed by atoms with Gasteiger partial charge in [0.1, 0.15) is 6.54 Å². The molecular formula is C25H27ClFN3O5S2. The second-order valence-corrected chi connectivity index (χ2v) is 13.3. The van der Waals surface area contributed by atoms with Gasteiger partial charge < -0.3 is 14.6 Å². The van der Waals surface area contributed by atoms with Gasteiger partial charge in [-0.05, 0) is 37.3 Å². The number of benzene rings is 2. The number of carbonyl (C=O) groups is 2. The maximum absolute atomic E-state index is 15.3. The van der Waals surface area contributed by atoms with Crippen molar-refractivity contribution < 1.29 is 28.2 Å². The molecule has 2 fully saturated rings. The van der Waals surface area contributed by atoms with Gasteiger partial charge in [-0.1, -0.05) is 29.4 Å². The molecule has 5 rings (SSSR count). The molecule has 1 aromatic heterocycles. The molecule has 37 heavy (non-hydrogen) atoms. The van der Waals surface area contributed by atoms with E-state index in [0.29, 0.717) is 53.7 Å². The second-order valence-electron chi connectivity index (χ2n) is 9.39. The van der Waals surface area contributed by atoms with E-state index in [-0.39, 0.29) is 34.6 Å². The van der Waals surface area contributed by atoms with Crippen LogP contribution in [0.25, 0.3) is 10.9 Å². The van der Waals surface area contributed by atoms with Crippen molar-refractivity contribution in [3.63, 3.8) is 0 Å². The lowest BCUT2D eigenvalue weighted by molar-refractivity contribution is -0.139. The van der Waals surface area contributed by atoms with Crippen LogP contribution in [-0.2, 0) is 11.3 Å². The van der Waals surface area contributed by atoms with Gasteiger partial charge in [0, 0.05) is 53.1 Å². The molecule has 2 aliphatic rings. The van der Waals surface area contributed by atoms with Crippen molar-refractivity contribution in [3.05, 3.63) is 58.5 Å². The highest BCUT2D eigenvalue weighted by molar-refractivity contribution is 8.24. The monoisotopic (exact) mass is 567 g/mol. The van der Waals surface area contributed by atoms with Crippen LogP contribution in [0.2, 0.25) is 5.02 Å². The zero-order valence-corrected chi connectivity index (χ0v) is 22.5. The third-order valence-corrected chi connectivity index (χ3v) is 10.2. The smallest absolute Gasteiger partial charge is 0.335 e. The van der Waals surface area contributed by atoms with Crippen LogP contribution in [0.3, 0.4) is 0 Å². The summed E-state index contributed by atoms with van der Waals surface area (Å²) in [7, 11) is -2.47. The molecule has 12 heteroatoms. The number of amides is 1. The van der Waals surface area contributed by atoms with Gasteiger partial charge in [-0.25, -0.2) is 9.18 Å². The Morgan fingerprint density at radius 1 is 1.16 bits per heavy atom. The summed E-state index contributed by atoms with van der Waals surface area (Å²) in [5.41, 5.74) is 1.09. The average Bonchev–Trinajstić information content (AvgIpc) is 3.08. The van der Waals surface area contributed by atoms with E-state index in [4.69, 9.17) is 11.6 Å². The standard InChI is InChI=1S/C25H27ClFN3O5S2/c1-15-24(36-18-4-2-3-16(11-18)25(32)33)19-5-6-20(26)22(27)23(19)30(15)14-21(31)29-12-17(13-29)28-7-9-37(34,35)10-8-28/h2-6,11,17,34-35H,7-10,12-14H2,1H3,(H,32,33). The number of nitrogens with zero attached hydrogens (tertiary/aromatic N) is 3. The Balaban J connectivity index is 1.37. The molecule has 0 bridgehead atoms. The molecule has 8 nitrogen and oxygen atoms in total. The second kappa shape index (κ2) is 10.1. The predicted octanol–water partition coefficient (Wildman–Crippen LogP) is 4.87. The summed E-state index contributed by atoms with van der Waals surface area (Å²) in [6.45, 7) is 4.05. The number of aromatic nitrogens is 1. The van der Waals surface area contributed by atoms with E-state index in [1.54, 1.807) is 33.7 Å². The van der Waals surface area contributed by atoms with E-state index in [1.807, 2.05) is 6.92 Å². The predicted molar refractivity (Wildman–Crippen MR) is 144 cm³/mol. The maximum Gasteiger partial charge on any atom is 0.335 e. The van der Waals surface area contributed by atoms with Crippen molar-refractivity contribution >= 4 is 56.7 Å². The molecule has 3 N–H and O–H groups in total. The number of carboxylic acids is 1. The van der Waals surface area contributed by atoms with E-state index < -0.39 is 22.4 Å². The number of likely N-dealkylation sites (tertiary alicyclic amines) is 1. The van der Waals surface area contributed by atoms with Crippen molar-refractivity contribution in [2.45, 2.75) is 29.3 Å². The summed E-state index contributed by atoms with van der Waals surface area (Å²) >= 11 is 7.43. The number of carboxylic acid groups (broad SMARTS) is 1. The van der Waals surface area contributed by atoms with Crippen LogP contribution >= 0.6 is 34.0 Å². The molecule has 0 atom stereocenters. The van der Waals surface area contributed by atoms with Gasteiger partial charge in [-0.2, -0.15) is 10.6 Å². The van der Waals surface area contributed by atoms with E-state index in [1.165, 1.54) is 23.9 Å². The van der Waals surface area contributed by atoms with Crippen LogP contribution in [0.4, 0.5) is 4.39 Å². The Labute approximate surface area is 224 Å². The summed E-state index contributed by atoms with van der Waals surface area (Å²) in [5, 5.41) is 9.90. The molecule has 0 saturated carbocycles. The first-order chi connectivity index (χ1) is 17.5. The van der Waals surface area contributed by atoms with Crippen molar-refractivity contribution in [1.82, 2.24) is 14.4 Å². The van der Waals surface area contributed by atoms with Gasteiger partial charge in [0.25, 0.3) is 0 Å². The molecular weight excluding hydrogens is 541 g/mol. The molecule has 3 heterocycles. The first-order valence-corrected chi connectivity index (χ1v) is 14.9. The number of hydrogen-bond acceptors (Lipinski definition) is 6. The normalized spacial score (nSPS) is 19.1. The van der Waals surface area contributed by atoms with Gasteiger partial charge in [-0.15, -0.1) is 0 Å². The summed E-state index contributed by atoms with van der Waals surface area (Å²) in [5.74, 6) is -1.05. The third kappa shape index (κ3) is 5.21. The molecule has 0 spiro atoms. The molecule has 1 amide bonds. The minimum Gasteiger partial charge on any atom is -0.478 e. The van der Waals surface area contributed by atoms with Gasteiger partial charge in [0.05, 0.1) is 27.6 Å². The van der Waals surface area contributed by atoms with Crippen LogP contribution in [0.1, 0.15) is 16.1 Å². The summed E-state index contributed by atoms with van der Waals surface area (Å²) < 4.78 is 36.6. The fourth-order valence-corrected chi connectivity index (χ4v) is 7.35. The lowest BCUT2D eigenvalue weighted by Crippen LogP contribution is -2.63. The number of rotatable bonds is 6. The van der Waals surface area contributed by atoms with Gasteiger partial charge in [0.15, 0.2) is 5.82 Å². The van der Waals surface area contributed by atoms with E-state index in [0.717, 1.165) is 4.90 Å². The minimum absolute atomic E-state index is 0.0387. The molecule has 0 radical (unpaired) electrons. The fourth-order valence-electron chi connectivity index (χ4n) is 4.84. The number of aromatic carboxylic acids is 1. The number of halogens is 2. The Morgan fingerprint density at radius 3 is 2.54 bits per heavy atom. The molecule has 0 unspecified atom stereocenters. The quantitative estimate of drug-likeness (QED) is 0.390. The lowest BCUT2D eigenvalue weighted by atomic mass is 10.1. The van der Waals surface area contributed by atoms with Crippen molar-refractivity contribution in [1.29, 1.82) is 0 Å². The van der Waals surface area contributed by atoms with E-state index in [2.05, 4.69) is 4.90 Å². The summed E-state index contributed by atoms with van der Waals surface area (Å²) in [4.78, 5) is 29.9. The Hall–Kier alpha value is -2.28. The molecule has 2 aliphatic heterocycles. The topological polar surface area (TPSA) is 106 Å². The van der Waals surface area contributed by atoms with Crippen molar-refractivity contribution in [2.24, 2.45) is 0 Å². The molecule has 2 aromatic carbocycles. The molecule has 2 saturated heterocycles. The highest BCUT2D eigenvalue weighted by Gasteiger charge is 2.37. The first-order valence-electron chi connectivity index (χ1n) is 11.8. The largest absolute Gasteiger partial charge is 0.478 e. The molecule has 0 aliphatic carbocycles. The van der Waals surface area contributed by atoms with Crippen LogP contribution in [0.15, 0.2) is 46.2 Å². The summed E-state index contributed by atoms with van der Waals surface area (Å²) in [6, 6.07) is 9.90. The maximum atomic E-state index is 15.3. The van der Waals surface area contributed by atoms with Crippen molar-refractivity contribution in [3.8, 4) is 0 Å². The highest BCUT2D eigenvalue weighted by atomic mass is 35.5. The zero-order chi connectivity index (χ0) is 26.5. The van der Waals surface area contributed by atoms with E-state index >= 15 is 4.39 Å². The Bertz CT molecular complexity index is 1380. The lowest BCUT2D eigenvalue weighted by Gasteiger charge is -2.50. The number of carbonyl (C=O) groups excluding carboxylic acids is 1. The minimum atomic E-state index is -2.47. The highest BCUT2D eigenvalue weighted by Crippen LogP contribution is 2.42. The first kappa shape index (κ1) is 26.3. The van der Waals surface area contributed by atoms with E-state index in [9.17, 15) is 23.8 Å². The van der Waals surface area contributed by atoms with Gasteiger partial charge in [0.2, 0.25) is 5.91 Å². The SMILES string of the molecule is Cc1c(Sc2cccc(C(=O)O)c2)c2ccc(Cl)c(F)c2n1CC(=O)N1CC(N2CCS(O)(O)CC2)C1. The number of fused-ring (bicyclic) bond motifs is 1. The van der Waals surface area contributed by atoms with Gasteiger partial charge in [-0.3, -0.25) is 18.8 Å². The number of hydrogen-bond donors (Lipinski definition) is 3.